The molecule has 26 heavy (non-hydrogen) atoms. The molecule has 1 aliphatic heterocycles. The van der Waals surface area contributed by atoms with E-state index in [0.29, 0.717) is 35.1 Å². The number of fused-ring (bicyclic) bond motifs is 8. The largest absolute Gasteiger partial charge is 0.393 e. The fourth-order valence-corrected chi connectivity index (χ4v) is 8.19. The topological polar surface area (TPSA) is 64.7 Å². The lowest BCUT2D eigenvalue weighted by Gasteiger charge is -2.63. The third-order valence-corrected chi connectivity index (χ3v) is 9.53. The van der Waals surface area contributed by atoms with Gasteiger partial charge in [-0.2, -0.15) is 0 Å². The Balaban J connectivity index is 1.58. The van der Waals surface area contributed by atoms with Crippen molar-refractivity contribution in [3.8, 4) is 0 Å². The van der Waals surface area contributed by atoms with Crippen LogP contribution in [0.5, 0.6) is 0 Å². The summed E-state index contributed by atoms with van der Waals surface area (Å²) in [7, 11) is 0. The Morgan fingerprint density at radius 1 is 0.808 bits per heavy atom. The van der Waals surface area contributed by atoms with Gasteiger partial charge in [0, 0.05) is 6.04 Å². The van der Waals surface area contributed by atoms with Crippen molar-refractivity contribution >= 4 is 0 Å². The average Bonchev–Trinajstić information content (AvgIpc) is 3.05. The molecule has 8 unspecified atom stereocenters. The minimum absolute atomic E-state index is 0.0656. The van der Waals surface area contributed by atoms with Crippen molar-refractivity contribution < 1.29 is 14.6 Å². The fraction of sp³-hybridized carbons (Fsp3) is 1.00. The van der Waals surface area contributed by atoms with Crippen LogP contribution in [0, 0.1) is 34.5 Å². The molecule has 0 spiro atoms. The highest BCUT2D eigenvalue weighted by atomic mass is 16.8. The lowest BCUT2D eigenvalue weighted by atomic mass is 9.43. The van der Waals surface area contributed by atoms with Crippen LogP contribution in [-0.4, -0.2) is 35.2 Å². The second kappa shape index (κ2) is 5.46. The van der Waals surface area contributed by atoms with Crippen LogP contribution in [0.1, 0.15) is 72.6 Å². The van der Waals surface area contributed by atoms with Gasteiger partial charge in [-0.25, -0.2) is 0 Å². The van der Waals surface area contributed by atoms with Gasteiger partial charge in [0.25, 0.3) is 0 Å². The Hall–Kier alpha value is -0.160. The first-order chi connectivity index (χ1) is 12.2. The average molecular weight is 364 g/mol. The van der Waals surface area contributed by atoms with E-state index in [-0.39, 0.29) is 23.7 Å². The monoisotopic (exact) mass is 363 g/mol. The Morgan fingerprint density at radius 3 is 2.23 bits per heavy atom. The highest BCUT2D eigenvalue weighted by molar-refractivity contribution is 5.16. The maximum absolute atomic E-state index is 10.8. The molecule has 0 bridgehead atoms. The van der Waals surface area contributed by atoms with Crippen molar-refractivity contribution in [2.24, 2.45) is 40.2 Å². The molecular formula is C22H37NO3. The van der Waals surface area contributed by atoms with Crippen LogP contribution < -0.4 is 5.73 Å². The molecule has 0 amide bonds. The van der Waals surface area contributed by atoms with E-state index in [1.807, 2.05) is 0 Å². The zero-order valence-corrected chi connectivity index (χ0v) is 16.9. The molecule has 10 atom stereocenters. The highest BCUT2D eigenvalue weighted by Crippen LogP contribution is 2.68. The molecule has 5 fully saturated rings. The van der Waals surface area contributed by atoms with Crippen LogP contribution in [0.25, 0.3) is 0 Å². The van der Waals surface area contributed by atoms with Gasteiger partial charge in [0.2, 0.25) is 0 Å². The fourth-order valence-electron chi connectivity index (χ4n) is 8.19. The van der Waals surface area contributed by atoms with Crippen molar-refractivity contribution in [2.45, 2.75) is 103 Å². The summed E-state index contributed by atoms with van der Waals surface area (Å²) in [5.74, 6) is 1.78. The number of ether oxygens (including phenoxy) is 2. The summed E-state index contributed by atoms with van der Waals surface area (Å²) in [4.78, 5) is 0. The summed E-state index contributed by atoms with van der Waals surface area (Å²) in [6, 6.07) is 0.305. The third kappa shape index (κ3) is 2.22. The van der Waals surface area contributed by atoms with Gasteiger partial charge < -0.3 is 20.3 Å². The van der Waals surface area contributed by atoms with Crippen molar-refractivity contribution in [1.82, 2.24) is 0 Å². The van der Waals surface area contributed by atoms with E-state index in [9.17, 15) is 5.11 Å². The molecule has 4 heteroatoms. The molecule has 4 saturated carbocycles. The van der Waals surface area contributed by atoms with Gasteiger partial charge in [0.1, 0.15) is 0 Å². The SMILES string of the molecule is CC1(C)OC2C3C4CCC(O)C4(C)CCC3C3(C)CC[C@@H](N)CC3[C@H]2O1. The van der Waals surface area contributed by atoms with E-state index in [2.05, 4.69) is 27.7 Å². The second-order valence-electron chi connectivity index (χ2n) is 11.1. The summed E-state index contributed by atoms with van der Waals surface area (Å²) in [6.07, 6.45) is 8.12. The van der Waals surface area contributed by atoms with Crippen molar-refractivity contribution in [1.29, 1.82) is 0 Å². The van der Waals surface area contributed by atoms with E-state index in [0.717, 1.165) is 32.1 Å². The normalized spacial score (nSPS) is 60.7. The van der Waals surface area contributed by atoms with Gasteiger partial charge in [-0.1, -0.05) is 13.8 Å². The molecule has 5 rings (SSSR count). The molecule has 4 nitrogen and oxygen atoms in total. The molecule has 0 aromatic rings. The summed E-state index contributed by atoms with van der Waals surface area (Å²) in [5, 5.41) is 10.8. The second-order valence-corrected chi connectivity index (χ2v) is 11.1. The number of aliphatic hydroxyl groups excluding tert-OH is 1. The van der Waals surface area contributed by atoms with Crippen molar-refractivity contribution in [2.75, 3.05) is 0 Å². The Labute approximate surface area is 158 Å². The lowest BCUT2D eigenvalue weighted by molar-refractivity contribution is -0.184. The lowest BCUT2D eigenvalue weighted by Crippen LogP contribution is -2.64. The maximum atomic E-state index is 10.8. The molecule has 5 aliphatic rings. The van der Waals surface area contributed by atoms with Crippen LogP contribution in [0.4, 0.5) is 0 Å². The minimum atomic E-state index is -0.502. The number of rotatable bonds is 0. The predicted molar refractivity (Wildman–Crippen MR) is 100 cm³/mol. The van der Waals surface area contributed by atoms with Crippen LogP contribution in [0.15, 0.2) is 0 Å². The van der Waals surface area contributed by atoms with Crippen LogP contribution in [0.3, 0.4) is 0 Å². The van der Waals surface area contributed by atoms with E-state index < -0.39 is 5.79 Å². The smallest absolute Gasteiger partial charge is 0.163 e. The molecule has 148 valence electrons. The molecule has 1 saturated heterocycles. The van der Waals surface area contributed by atoms with Gasteiger partial charge >= 0.3 is 0 Å². The predicted octanol–water partition coefficient (Wildman–Crippen LogP) is 3.46. The Bertz CT molecular complexity index is 594. The van der Waals surface area contributed by atoms with Gasteiger partial charge in [-0.05, 0) is 93.3 Å². The van der Waals surface area contributed by atoms with Gasteiger partial charge in [0.15, 0.2) is 5.79 Å². The summed E-state index contributed by atoms with van der Waals surface area (Å²) in [6.45, 7) is 9.02. The zero-order valence-electron chi connectivity index (χ0n) is 16.9. The van der Waals surface area contributed by atoms with E-state index in [4.69, 9.17) is 15.2 Å². The number of hydrogen-bond donors (Lipinski definition) is 2. The number of hydrogen-bond acceptors (Lipinski definition) is 4. The number of aliphatic hydroxyl groups is 1. The van der Waals surface area contributed by atoms with Crippen molar-refractivity contribution in [3.05, 3.63) is 0 Å². The highest BCUT2D eigenvalue weighted by Gasteiger charge is 2.68. The van der Waals surface area contributed by atoms with Crippen LogP contribution in [0.2, 0.25) is 0 Å². The first-order valence-corrected chi connectivity index (χ1v) is 10.9. The summed E-state index contributed by atoms with van der Waals surface area (Å²) >= 11 is 0. The van der Waals surface area contributed by atoms with Gasteiger partial charge in [-0.15, -0.1) is 0 Å². The number of nitrogens with two attached hydrogens (primary N) is 1. The molecule has 1 heterocycles. The summed E-state index contributed by atoms with van der Waals surface area (Å²) < 4.78 is 13.1. The first-order valence-electron chi connectivity index (χ1n) is 10.9. The van der Waals surface area contributed by atoms with E-state index in [1.165, 1.54) is 12.8 Å². The molecule has 3 N–H and O–H groups in total. The molecule has 0 radical (unpaired) electrons. The Morgan fingerprint density at radius 2 is 1.46 bits per heavy atom. The quantitative estimate of drug-likeness (QED) is 0.692. The van der Waals surface area contributed by atoms with Gasteiger partial charge in [0.05, 0.1) is 18.3 Å². The van der Waals surface area contributed by atoms with Crippen molar-refractivity contribution in [3.63, 3.8) is 0 Å². The standard InChI is InChI=1S/C22H37NO3/c1-20(2)25-18-15-11-12(23)7-9-21(15,3)14-8-10-22(4)13(5-6-16(22)24)17(14)19(18)26-20/h12-19,24H,5-11,23H2,1-4H3/t12-,13?,14?,15?,16?,17?,18-,19?,21?,22?/m1/s1. The van der Waals surface area contributed by atoms with E-state index in [1.54, 1.807) is 0 Å². The maximum Gasteiger partial charge on any atom is 0.163 e. The Kier molecular flexibility index (Phi) is 3.76. The molecule has 0 aromatic carbocycles. The molecule has 0 aromatic heterocycles. The molecular weight excluding hydrogens is 326 g/mol. The zero-order chi connectivity index (χ0) is 18.5. The van der Waals surface area contributed by atoms with E-state index >= 15 is 0 Å². The van der Waals surface area contributed by atoms with Crippen LogP contribution >= 0.6 is 0 Å². The van der Waals surface area contributed by atoms with Gasteiger partial charge in [-0.3, -0.25) is 0 Å². The first kappa shape index (κ1) is 17.9. The van der Waals surface area contributed by atoms with Crippen LogP contribution in [-0.2, 0) is 9.47 Å². The third-order valence-electron chi connectivity index (χ3n) is 9.53. The summed E-state index contributed by atoms with van der Waals surface area (Å²) in [5.41, 5.74) is 6.79. The minimum Gasteiger partial charge on any atom is -0.393 e. The molecule has 4 aliphatic carbocycles.